The third-order valence-electron chi connectivity index (χ3n) is 3.14. The summed E-state index contributed by atoms with van der Waals surface area (Å²) in [5, 5.41) is 4.89. The summed E-state index contributed by atoms with van der Waals surface area (Å²) in [5.41, 5.74) is 6.67. The average molecular weight is 303 g/mol. The molecule has 0 saturated heterocycles. The summed E-state index contributed by atoms with van der Waals surface area (Å²) < 4.78 is 1.66. The van der Waals surface area contributed by atoms with E-state index in [0.717, 1.165) is 11.0 Å². The Kier molecular flexibility index (Phi) is 4.72. The molecule has 0 fully saturated rings. The lowest BCUT2D eigenvalue weighted by Crippen LogP contribution is -2.48. The van der Waals surface area contributed by atoms with Crippen molar-refractivity contribution >= 4 is 28.8 Å². The lowest BCUT2D eigenvalue weighted by Gasteiger charge is -2.16. The number of primary amides is 1. The molecule has 0 saturated carbocycles. The average Bonchev–Trinajstić information content (AvgIpc) is 2.88. The predicted molar refractivity (Wildman–Crippen MR) is 79.5 cm³/mol. The van der Waals surface area contributed by atoms with Crippen molar-refractivity contribution in [1.82, 2.24) is 20.2 Å². The van der Waals surface area contributed by atoms with Gasteiger partial charge in [-0.3, -0.25) is 14.4 Å². The molecule has 8 heteroatoms. The van der Waals surface area contributed by atoms with Gasteiger partial charge >= 0.3 is 0 Å². The quantitative estimate of drug-likeness (QED) is 0.643. The number of amides is 3. The van der Waals surface area contributed by atoms with Crippen LogP contribution in [-0.2, 0) is 20.9 Å². The van der Waals surface area contributed by atoms with E-state index in [9.17, 15) is 14.4 Å². The van der Waals surface area contributed by atoms with E-state index in [4.69, 9.17) is 5.73 Å². The monoisotopic (exact) mass is 303 g/mol. The van der Waals surface area contributed by atoms with Crippen LogP contribution in [0.25, 0.3) is 11.0 Å². The Morgan fingerprint density at radius 3 is 2.73 bits per heavy atom. The molecule has 3 amide bonds. The van der Waals surface area contributed by atoms with Gasteiger partial charge in [0.1, 0.15) is 12.6 Å². The molecule has 2 aromatic rings. The summed E-state index contributed by atoms with van der Waals surface area (Å²) in [5.74, 6) is -1.54. The van der Waals surface area contributed by atoms with Crippen molar-refractivity contribution in [3.05, 3.63) is 30.6 Å². The Hall–Kier alpha value is -2.90. The van der Waals surface area contributed by atoms with E-state index < -0.39 is 23.8 Å². The van der Waals surface area contributed by atoms with Gasteiger partial charge in [0, 0.05) is 7.05 Å². The molecule has 1 heterocycles. The first-order valence-corrected chi connectivity index (χ1v) is 6.70. The van der Waals surface area contributed by atoms with Crippen LogP contribution in [0.3, 0.4) is 0 Å². The van der Waals surface area contributed by atoms with Crippen molar-refractivity contribution in [2.45, 2.75) is 19.0 Å². The zero-order chi connectivity index (χ0) is 16.1. The van der Waals surface area contributed by atoms with Gasteiger partial charge in [0.25, 0.3) is 0 Å². The first kappa shape index (κ1) is 15.5. The van der Waals surface area contributed by atoms with Crippen LogP contribution in [0, 0.1) is 0 Å². The van der Waals surface area contributed by atoms with Crippen LogP contribution in [-0.4, -0.2) is 40.4 Å². The second kappa shape index (κ2) is 6.70. The Bertz CT molecular complexity index is 709. The highest BCUT2D eigenvalue weighted by atomic mass is 16.2. The first-order chi connectivity index (χ1) is 10.5. The Labute approximate surface area is 126 Å². The molecule has 4 N–H and O–H groups in total. The summed E-state index contributed by atoms with van der Waals surface area (Å²) in [6.45, 7) is -0.00717. The van der Waals surface area contributed by atoms with Gasteiger partial charge in [-0.15, -0.1) is 0 Å². The molecule has 0 aliphatic carbocycles. The number of nitrogens with two attached hydrogens (primary N) is 1. The topological polar surface area (TPSA) is 119 Å². The number of benzene rings is 1. The molecule has 22 heavy (non-hydrogen) atoms. The third-order valence-corrected chi connectivity index (χ3v) is 3.14. The maximum absolute atomic E-state index is 12.1. The molecule has 0 aliphatic rings. The number of likely N-dealkylation sites (N-methyl/N-ethyl adjacent to an activating group) is 1. The fraction of sp³-hybridized carbons (Fsp3) is 0.286. The summed E-state index contributed by atoms with van der Waals surface area (Å²) in [7, 11) is 1.42. The molecule has 116 valence electrons. The lowest BCUT2D eigenvalue weighted by atomic mass is 10.2. The molecule has 0 unspecified atom stereocenters. The highest BCUT2D eigenvalue weighted by Gasteiger charge is 2.22. The second-order valence-corrected chi connectivity index (χ2v) is 4.77. The van der Waals surface area contributed by atoms with Crippen molar-refractivity contribution in [3.63, 3.8) is 0 Å². The van der Waals surface area contributed by atoms with E-state index in [1.807, 2.05) is 24.3 Å². The van der Waals surface area contributed by atoms with Gasteiger partial charge in [0.15, 0.2) is 0 Å². The Morgan fingerprint density at radius 1 is 1.32 bits per heavy atom. The SMILES string of the molecule is CNC(=O)[C@H](CC(N)=O)NC(=O)Cn1cnc2ccccc21. The minimum Gasteiger partial charge on any atom is -0.370 e. The number of nitrogens with one attached hydrogen (secondary N) is 2. The normalized spacial score (nSPS) is 11.9. The Balaban J connectivity index is 2.07. The van der Waals surface area contributed by atoms with Crippen molar-refractivity contribution in [1.29, 1.82) is 0 Å². The predicted octanol–water partition coefficient (Wildman–Crippen LogP) is -0.857. The molecular weight excluding hydrogens is 286 g/mol. The zero-order valence-electron chi connectivity index (χ0n) is 12.1. The largest absolute Gasteiger partial charge is 0.370 e. The smallest absolute Gasteiger partial charge is 0.242 e. The van der Waals surface area contributed by atoms with Crippen LogP contribution in [0.4, 0.5) is 0 Å². The fourth-order valence-electron chi connectivity index (χ4n) is 2.12. The third kappa shape index (κ3) is 3.60. The first-order valence-electron chi connectivity index (χ1n) is 6.70. The maximum Gasteiger partial charge on any atom is 0.242 e. The highest BCUT2D eigenvalue weighted by Crippen LogP contribution is 2.11. The summed E-state index contributed by atoms with van der Waals surface area (Å²) in [6.07, 6.45) is 1.29. The summed E-state index contributed by atoms with van der Waals surface area (Å²) in [4.78, 5) is 38.9. The molecule has 0 aliphatic heterocycles. The van der Waals surface area contributed by atoms with Crippen LogP contribution in [0.15, 0.2) is 30.6 Å². The second-order valence-electron chi connectivity index (χ2n) is 4.77. The van der Waals surface area contributed by atoms with Gasteiger partial charge in [-0.2, -0.15) is 0 Å². The highest BCUT2D eigenvalue weighted by molar-refractivity contribution is 5.91. The molecule has 1 aromatic carbocycles. The zero-order valence-corrected chi connectivity index (χ0v) is 12.1. The number of nitrogens with zero attached hydrogens (tertiary/aromatic N) is 2. The molecular formula is C14H17N5O3. The van der Waals surface area contributed by atoms with E-state index in [2.05, 4.69) is 15.6 Å². The van der Waals surface area contributed by atoms with Gasteiger partial charge in [-0.1, -0.05) is 12.1 Å². The van der Waals surface area contributed by atoms with Crippen LogP contribution in [0.1, 0.15) is 6.42 Å². The minimum atomic E-state index is -0.982. The molecule has 0 radical (unpaired) electrons. The fourth-order valence-corrected chi connectivity index (χ4v) is 2.12. The Morgan fingerprint density at radius 2 is 2.05 bits per heavy atom. The number of imidazole rings is 1. The number of hydrogen-bond donors (Lipinski definition) is 3. The van der Waals surface area contributed by atoms with Gasteiger partial charge in [-0.25, -0.2) is 4.98 Å². The van der Waals surface area contributed by atoms with Gasteiger partial charge in [0.2, 0.25) is 17.7 Å². The molecule has 2 rings (SSSR count). The summed E-state index contributed by atoms with van der Waals surface area (Å²) in [6, 6.07) is 6.40. The van der Waals surface area contributed by atoms with Crippen molar-refractivity contribution < 1.29 is 14.4 Å². The molecule has 1 atom stereocenters. The molecule has 0 spiro atoms. The van der Waals surface area contributed by atoms with Gasteiger partial charge < -0.3 is 20.9 Å². The minimum absolute atomic E-state index is 0.00717. The maximum atomic E-state index is 12.1. The van der Waals surface area contributed by atoms with Crippen LogP contribution >= 0.6 is 0 Å². The molecule has 8 nitrogen and oxygen atoms in total. The number of rotatable bonds is 6. The number of carbonyl (C=O) groups is 3. The van der Waals surface area contributed by atoms with E-state index in [1.54, 1.807) is 10.9 Å². The van der Waals surface area contributed by atoms with E-state index in [-0.39, 0.29) is 13.0 Å². The van der Waals surface area contributed by atoms with Crippen LogP contribution in [0.2, 0.25) is 0 Å². The standard InChI is InChI=1S/C14H17N5O3/c1-16-14(22)10(6-12(15)20)18-13(21)7-19-8-17-9-4-2-3-5-11(9)19/h2-5,8,10H,6-7H2,1H3,(H2,15,20)(H,16,22)(H,18,21)/t10-/m0/s1. The van der Waals surface area contributed by atoms with Crippen molar-refractivity contribution in [3.8, 4) is 0 Å². The van der Waals surface area contributed by atoms with Crippen molar-refractivity contribution in [2.24, 2.45) is 5.73 Å². The number of para-hydroxylation sites is 2. The van der Waals surface area contributed by atoms with Crippen LogP contribution in [0.5, 0.6) is 0 Å². The van der Waals surface area contributed by atoms with Gasteiger partial charge in [-0.05, 0) is 12.1 Å². The van der Waals surface area contributed by atoms with E-state index in [0.29, 0.717) is 0 Å². The number of aromatic nitrogens is 2. The number of carbonyl (C=O) groups excluding carboxylic acids is 3. The van der Waals surface area contributed by atoms with E-state index >= 15 is 0 Å². The van der Waals surface area contributed by atoms with E-state index in [1.165, 1.54) is 7.05 Å². The van der Waals surface area contributed by atoms with Crippen molar-refractivity contribution in [2.75, 3.05) is 7.05 Å². The summed E-state index contributed by atoms with van der Waals surface area (Å²) >= 11 is 0. The number of hydrogen-bond acceptors (Lipinski definition) is 4. The number of fused-ring (bicyclic) bond motifs is 1. The van der Waals surface area contributed by atoms with Gasteiger partial charge in [0.05, 0.1) is 23.8 Å². The lowest BCUT2D eigenvalue weighted by molar-refractivity contribution is -0.131. The van der Waals surface area contributed by atoms with Crippen LogP contribution < -0.4 is 16.4 Å². The molecule has 0 bridgehead atoms. The molecule has 1 aromatic heterocycles.